The van der Waals surface area contributed by atoms with E-state index in [1.807, 2.05) is 16.7 Å². The Morgan fingerprint density at radius 1 is 1.05 bits per heavy atom. The highest BCUT2D eigenvalue weighted by Gasteiger charge is 2.22. The van der Waals surface area contributed by atoms with E-state index >= 15 is 0 Å². The summed E-state index contributed by atoms with van der Waals surface area (Å²) >= 11 is 0. The van der Waals surface area contributed by atoms with Gasteiger partial charge in [0.1, 0.15) is 17.0 Å². The van der Waals surface area contributed by atoms with Gasteiger partial charge in [-0.05, 0) is 65.1 Å². The lowest BCUT2D eigenvalue weighted by atomic mass is 9.91. The van der Waals surface area contributed by atoms with Gasteiger partial charge in [-0.1, -0.05) is 36.4 Å². The molecule has 3 aromatic carbocycles. The second-order valence-corrected chi connectivity index (χ2v) is 10.8. The molecule has 7 nitrogen and oxygen atoms in total. The molecule has 212 valence electrons. The predicted molar refractivity (Wildman–Crippen MR) is 155 cm³/mol. The van der Waals surface area contributed by atoms with Crippen molar-refractivity contribution in [2.24, 2.45) is 0 Å². The zero-order valence-electron chi connectivity index (χ0n) is 22.6. The molecule has 0 radical (unpaired) electrons. The number of methoxy groups -OCH3 is 1. The molecule has 2 atom stereocenters. The van der Waals surface area contributed by atoms with Gasteiger partial charge in [0.2, 0.25) is 0 Å². The van der Waals surface area contributed by atoms with Crippen molar-refractivity contribution < 1.29 is 27.3 Å². The third-order valence-electron chi connectivity index (χ3n) is 6.46. The van der Waals surface area contributed by atoms with Gasteiger partial charge in [-0.3, -0.25) is 13.8 Å². The number of halogens is 2. The molecule has 0 spiro atoms. The fraction of sp³-hybridized carbons (Fsp3) is 0.194. The Labute approximate surface area is 239 Å². The molecular weight excluding hydrogens is 548 g/mol. The summed E-state index contributed by atoms with van der Waals surface area (Å²) in [4.78, 5) is 29.4. The highest BCUT2D eigenvalue weighted by molar-refractivity contribution is 7.84. The van der Waals surface area contributed by atoms with Crippen LogP contribution in [-0.4, -0.2) is 44.4 Å². The van der Waals surface area contributed by atoms with Gasteiger partial charge in [0.15, 0.2) is 0 Å². The number of amides is 1. The van der Waals surface area contributed by atoms with Gasteiger partial charge in [-0.15, -0.1) is 0 Å². The Bertz CT molecular complexity index is 1550. The number of allylic oxidation sites excluding steroid dienone is 1. The number of aromatic nitrogens is 2. The third-order valence-corrected chi connectivity index (χ3v) is 7.62. The largest absolute Gasteiger partial charge is 0.469 e. The van der Waals surface area contributed by atoms with Crippen molar-refractivity contribution in [1.29, 1.82) is 0 Å². The first kappa shape index (κ1) is 29.5. The van der Waals surface area contributed by atoms with Crippen molar-refractivity contribution in [2.75, 3.05) is 13.4 Å². The minimum Gasteiger partial charge on any atom is -0.469 e. The molecule has 0 saturated carbocycles. The van der Waals surface area contributed by atoms with Crippen LogP contribution in [-0.2, 0) is 26.9 Å². The average molecular weight is 578 g/mol. The van der Waals surface area contributed by atoms with Gasteiger partial charge in [-0.2, -0.15) is 0 Å². The molecule has 0 bridgehead atoms. The van der Waals surface area contributed by atoms with E-state index in [4.69, 9.17) is 0 Å². The summed E-state index contributed by atoms with van der Waals surface area (Å²) in [5, 5.41) is 2.00. The highest BCUT2D eigenvalue weighted by Crippen LogP contribution is 2.32. The molecule has 0 fully saturated rings. The summed E-state index contributed by atoms with van der Waals surface area (Å²) in [5.41, 5.74) is 3.64. The minimum absolute atomic E-state index is 0.0100. The maximum Gasteiger partial charge on any atom is 0.305 e. The molecule has 1 amide bonds. The van der Waals surface area contributed by atoms with Gasteiger partial charge in [0, 0.05) is 53.5 Å². The lowest BCUT2D eigenvalue weighted by Crippen LogP contribution is -2.38. The molecular formula is C31H29F2N3O4S. The Balaban J connectivity index is 1.81. The van der Waals surface area contributed by atoms with Crippen LogP contribution < -0.4 is 5.32 Å². The monoisotopic (exact) mass is 577 g/mol. The first-order valence-corrected chi connectivity index (χ1v) is 14.4. The van der Waals surface area contributed by atoms with Crippen LogP contribution >= 0.6 is 0 Å². The van der Waals surface area contributed by atoms with E-state index in [1.165, 1.54) is 37.6 Å². The zero-order valence-corrected chi connectivity index (χ0v) is 23.4. The van der Waals surface area contributed by atoms with Gasteiger partial charge >= 0.3 is 5.97 Å². The molecule has 2 unspecified atom stereocenters. The van der Waals surface area contributed by atoms with E-state index in [2.05, 4.69) is 15.0 Å². The minimum atomic E-state index is -1.47. The van der Waals surface area contributed by atoms with Crippen molar-refractivity contribution in [1.82, 2.24) is 14.9 Å². The van der Waals surface area contributed by atoms with Gasteiger partial charge in [0.05, 0.1) is 13.4 Å². The molecule has 0 aliphatic rings. The van der Waals surface area contributed by atoms with Crippen LogP contribution in [0.25, 0.3) is 22.8 Å². The van der Waals surface area contributed by atoms with Crippen molar-refractivity contribution in [3.8, 4) is 11.1 Å². The number of carbonyl (C=O) groups excluding carboxylic acids is 2. The lowest BCUT2D eigenvalue weighted by molar-refractivity contribution is -0.140. The normalized spacial score (nSPS) is 12.9. The molecule has 0 saturated heterocycles. The maximum absolute atomic E-state index is 13.9. The molecule has 0 aliphatic heterocycles. The number of rotatable bonds is 11. The van der Waals surface area contributed by atoms with E-state index in [1.54, 1.807) is 55.1 Å². The zero-order chi connectivity index (χ0) is 29.4. The van der Waals surface area contributed by atoms with Gasteiger partial charge in [0.25, 0.3) is 5.91 Å². The van der Waals surface area contributed by atoms with Crippen LogP contribution in [0.2, 0.25) is 0 Å². The molecule has 4 aromatic rings. The van der Waals surface area contributed by atoms with Crippen molar-refractivity contribution in [2.45, 2.75) is 24.8 Å². The SMILES string of the molecule is COC(=O)CCC(NC(=O)c1cccc(C=C(Cn2ccnc2)c2ccc(F)cc2)c1-c1ccc(F)cc1)S(C)=O. The summed E-state index contributed by atoms with van der Waals surface area (Å²) < 4.78 is 46.6. The number of carbonyl (C=O) groups is 2. The Morgan fingerprint density at radius 3 is 2.34 bits per heavy atom. The van der Waals surface area contributed by atoms with Crippen LogP contribution in [0.5, 0.6) is 0 Å². The molecule has 1 aromatic heterocycles. The summed E-state index contributed by atoms with van der Waals surface area (Å²) in [7, 11) is -0.207. The quantitative estimate of drug-likeness (QED) is 0.189. The van der Waals surface area contributed by atoms with Crippen molar-refractivity contribution >= 4 is 34.3 Å². The summed E-state index contributed by atoms with van der Waals surface area (Å²) in [5.74, 6) is -1.76. The number of esters is 1. The van der Waals surface area contributed by atoms with Crippen LogP contribution in [0, 0.1) is 11.6 Å². The van der Waals surface area contributed by atoms with Crippen molar-refractivity contribution in [3.05, 3.63) is 114 Å². The van der Waals surface area contributed by atoms with Gasteiger partial charge < -0.3 is 14.6 Å². The van der Waals surface area contributed by atoms with E-state index < -0.39 is 33.9 Å². The fourth-order valence-electron chi connectivity index (χ4n) is 4.36. The topological polar surface area (TPSA) is 90.3 Å². The van der Waals surface area contributed by atoms with E-state index in [9.17, 15) is 22.6 Å². The molecule has 1 N–H and O–H groups in total. The van der Waals surface area contributed by atoms with E-state index in [0.29, 0.717) is 23.2 Å². The molecule has 4 rings (SSSR count). The third kappa shape index (κ3) is 7.82. The lowest BCUT2D eigenvalue weighted by Gasteiger charge is -2.19. The fourth-order valence-corrected chi connectivity index (χ4v) is 5.09. The Kier molecular flexibility index (Phi) is 9.91. The van der Waals surface area contributed by atoms with Gasteiger partial charge in [-0.25, -0.2) is 13.8 Å². The number of nitrogens with one attached hydrogen (secondary N) is 1. The van der Waals surface area contributed by atoms with E-state index in [-0.39, 0.29) is 24.2 Å². The van der Waals surface area contributed by atoms with Crippen LogP contribution in [0.1, 0.15) is 34.3 Å². The average Bonchev–Trinajstić information content (AvgIpc) is 3.48. The Morgan fingerprint density at radius 2 is 1.73 bits per heavy atom. The number of ether oxygens (including phenoxy) is 1. The first-order chi connectivity index (χ1) is 19.7. The number of imidazole rings is 1. The molecule has 1 heterocycles. The van der Waals surface area contributed by atoms with Crippen LogP contribution in [0.15, 0.2) is 85.5 Å². The maximum atomic E-state index is 13.9. The highest BCUT2D eigenvalue weighted by atomic mass is 32.2. The number of benzene rings is 3. The second-order valence-electron chi connectivity index (χ2n) is 9.26. The number of hydrogen-bond acceptors (Lipinski definition) is 5. The molecule has 41 heavy (non-hydrogen) atoms. The summed E-state index contributed by atoms with van der Waals surface area (Å²) in [6, 6.07) is 17.1. The van der Waals surface area contributed by atoms with E-state index in [0.717, 1.165) is 11.1 Å². The smallest absolute Gasteiger partial charge is 0.305 e. The van der Waals surface area contributed by atoms with Crippen molar-refractivity contribution in [3.63, 3.8) is 0 Å². The summed E-state index contributed by atoms with van der Waals surface area (Å²) in [6.07, 6.45) is 8.60. The molecule has 10 heteroatoms. The first-order valence-electron chi connectivity index (χ1n) is 12.8. The standard InChI is InChI=1S/C31H29F2N3O4S/c1-40-29(37)15-14-28(41(2)39)35-31(38)27-5-3-4-23(30(27)22-8-12-26(33)13-9-22)18-24(19-36-17-16-34-20-36)21-6-10-25(32)11-7-21/h3-13,16-18,20,28H,14-15,19H2,1-2H3,(H,35,38). The number of hydrogen-bond donors (Lipinski definition) is 1. The Hall–Kier alpha value is -4.44. The van der Waals surface area contributed by atoms with Crippen LogP contribution in [0.3, 0.4) is 0 Å². The second kappa shape index (κ2) is 13.8. The molecule has 0 aliphatic carbocycles. The summed E-state index contributed by atoms with van der Waals surface area (Å²) in [6.45, 7) is 0.412. The van der Waals surface area contributed by atoms with Crippen LogP contribution in [0.4, 0.5) is 8.78 Å². The number of nitrogens with zero attached hydrogens (tertiary/aromatic N) is 2. The predicted octanol–water partition coefficient (Wildman–Crippen LogP) is 5.46.